The van der Waals surface area contributed by atoms with Gasteiger partial charge >= 0.3 is 0 Å². The predicted molar refractivity (Wildman–Crippen MR) is 62.1 cm³/mol. The van der Waals surface area contributed by atoms with Gasteiger partial charge in [-0.1, -0.05) is 6.92 Å². The van der Waals surface area contributed by atoms with Crippen molar-refractivity contribution >= 4 is 29.3 Å². The number of hydrogen-bond donors (Lipinski definition) is 0. The fourth-order valence-corrected chi connectivity index (χ4v) is 3.17. The second kappa shape index (κ2) is 5.11. The Labute approximate surface area is 88.7 Å². The molecule has 74 valence electrons. The lowest BCUT2D eigenvalue weighted by Crippen LogP contribution is -2.15. The number of Topliss-reactive ketones (excluding diaryl/α,β-unsaturated/α-hetero) is 1. The van der Waals surface area contributed by atoms with Crippen molar-refractivity contribution in [2.75, 3.05) is 12.5 Å². The Morgan fingerprint density at radius 3 is 2.54 bits per heavy atom. The molecular formula is C10H16OS2. The summed E-state index contributed by atoms with van der Waals surface area (Å²) >= 11 is 3.41. The fourth-order valence-electron chi connectivity index (χ4n) is 1.62. The minimum absolute atomic E-state index is 0.372. The van der Waals surface area contributed by atoms with Crippen molar-refractivity contribution < 1.29 is 4.79 Å². The summed E-state index contributed by atoms with van der Waals surface area (Å²) in [7, 11) is 0. The van der Waals surface area contributed by atoms with Crippen LogP contribution in [0.3, 0.4) is 0 Å². The Hall–Kier alpha value is 0.110. The van der Waals surface area contributed by atoms with Gasteiger partial charge in [0.2, 0.25) is 0 Å². The molecule has 1 aliphatic carbocycles. The molecule has 0 N–H and O–H groups in total. The van der Waals surface area contributed by atoms with Crippen molar-refractivity contribution in [1.29, 1.82) is 0 Å². The lowest BCUT2D eigenvalue weighted by atomic mass is 9.87. The summed E-state index contributed by atoms with van der Waals surface area (Å²) in [5.41, 5.74) is 1.08. The molecule has 0 heterocycles. The van der Waals surface area contributed by atoms with E-state index < -0.39 is 0 Å². The molecule has 13 heavy (non-hydrogen) atoms. The molecule has 0 aromatic carbocycles. The average molecular weight is 216 g/mol. The van der Waals surface area contributed by atoms with Crippen LogP contribution in [0.2, 0.25) is 0 Å². The van der Waals surface area contributed by atoms with Crippen LogP contribution in [0.25, 0.3) is 0 Å². The lowest BCUT2D eigenvalue weighted by molar-refractivity contribution is -0.116. The van der Waals surface area contributed by atoms with E-state index >= 15 is 0 Å². The van der Waals surface area contributed by atoms with Crippen LogP contribution in [-0.2, 0) is 4.79 Å². The Bertz CT molecular complexity index is 227. The molecule has 1 atom stereocenters. The van der Waals surface area contributed by atoms with Crippen molar-refractivity contribution in [3.8, 4) is 0 Å². The molecule has 0 bridgehead atoms. The standard InChI is InChI=1S/C10H16OS2/c1-7-4-5-9(11)8(6-7)10(12-2)13-3/h7H,4-6H2,1-3H3. The van der Waals surface area contributed by atoms with E-state index in [1.165, 1.54) is 4.24 Å². The first-order chi connectivity index (χ1) is 6.19. The molecule has 1 unspecified atom stereocenters. The summed E-state index contributed by atoms with van der Waals surface area (Å²) in [4.78, 5) is 11.6. The first kappa shape index (κ1) is 11.2. The zero-order valence-corrected chi connectivity index (χ0v) is 10.1. The SMILES string of the molecule is CSC(SC)=C1CC(C)CCC1=O. The molecule has 0 aromatic rings. The van der Waals surface area contributed by atoms with E-state index in [1.54, 1.807) is 23.5 Å². The highest BCUT2D eigenvalue weighted by Gasteiger charge is 2.22. The Morgan fingerprint density at radius 2 is 2.00 bits per heavy atom. The molecule has 3 heteroatoms. The van der Waals surface area contributed by atoms with Crippen molar-refractivity contribution in [2.45, 2.75) is 26.2 Å². The summed E-state index contributed by atoms with van der Waals surface area (Å²) in [6.45, 7) is 2.23. The van der Waals surface area contributed by atoms with Crippen LogP contribution < -0.4 is 0 Å². The second-order valence-electron chi connectivity index (χ2n) is 3.45. The third kappa shape index (κ3) is 2.78. The summed E-state index contributed by atoms with van der Waals surface area (Å²) < 4.78 is 1.22. The quantitative estimate of drug-likeness (QED) is 0.659. The lowest BCUT2D eigenvalue weighted by Gasteiger charge is -2.21. The van der Waals surface area contributed by atoms with Gasteiger partial charge in [-0.15, -0.1) is 23.5 Å². The minimum atomic E-state index is 0.372. The van der Waals surface area contributed by atoms with Gasteiger partial charge in [-0.3, -0.25) is 4.79 Å². The molecule has 1 saturated carbocycles. The molecule has 0 saturated heterocycles. The second-order valence-corrected chi connectivity index (χ2v) is 5.34. The maximum Gasteiger partial charge on any atom is 0.160 e. The minimum Gasteiger partial charge on any atom is -0.294 e. The van der Waals surface area contributed by atoms with Gasteiger partial charge in [0.15, 0.2) is 5.78 Å². The van der Waals surface area contributed by atoms with E-state index in [0.717, 1.165) is 24.8 Å². The number of hydrogen-bond acceptors (Lipinski definition) is 3. The zero-order chi connectivity index (χ0) is 9.84. The normalized spacial score (nSPS) is 23.5. The first-order valence-electron chi connectivity index (χ1n) is 4.53. The molecule has 0 radical (unpaired) electrons. The highest BCUT2D eigenvalue weighted by atomic mass is 32.2. The first-order valence-corrected chi connectivity index (χ1v) is 6.98. The van der Waals surface area contributed by atoms with Crippen LogP contribution in [-0.4, -0.2) is 18.3 Å². The fraction of sp³-hybridized carbons (Fsp3) is 0.700. The van der Waals surface area contributed by atoms with Gasteiger partial charge < -0.3 is 0 Å². The van der Waals surface area contributed by atoms with Crippen LogP contribution in [0, 0.1) is 5.92 Å². The number of allylic oxidation sites excluding steroid dienone is 1. The van der Waals surface area contributed by atoms with Crippen LogP contribution in [0.4, 0.5) is 0 Å². The topological polar surface area (TPSA) is 17.1 Å². The molecular weight excluding hydrogens is 200 g/mol. The molecule has 0 aliphatic heterocycles. The van der Waals surface area contributed by atoms with E-state index in [0.29, 0.717) is 11.7 Å². The predicted octanol–water partition coefficient (Wildman–Crippen LogP) is 3.31. The van der Waals surface area contributed by atoms with E-state index in [4.69, 9.17) is 0 Å². The van der Waals surface area contributed by atoms with Gasteiger partial charge in [-0.2, -0.15) is 0 Å². The summed E-state index contributed by atoms with van der Waals surface area (Å²) in [5, 5.41) is 0. The van der Waals surface area contributed by atoms with Gasteiger partial charge in [-0.25, -0.2) is 0 Å². The van der Waals surface area contributed by atoms with Crippen molar-refractivity contribution in [1.82, 2.24) is 0 Å². The van der Waals surface area contributed by atoms with Crippen LogP contribution in [0.1, 0.15) is 26.2 Å². The highest BCUT2D eigenvalue weighted by molar-refractivity contribution is 8.21. The molecule has 0 aromatic heterocycles. The maximum atomic E-state index is 11.6. The van der Waals surface area contributed by atoms with Crippen LogP contribution >= 0.6 is 23.5 Å². The third-order valence-corrected chi connectivity index (χ3v) is 4.60. The summed E-state index contributed by atoms with van der Waals surface area (Å²) in [6, 6.07) is 0. The van der Waals surface area contributed by atoms with Gasteiger partial charge in [-0.05, 0) is 31.3 Å². The van der Waals surface area contributed by atoms with Gasteiger partial charge in [0.25, 0.3) is 0 Å². The van der Waals surface area contributed by atoms with Gasteiger partial charge in [0.1, 0.15) is 0 Å². The van der Waals surface area contributed by atoms with Crippen molar-refractivity contribution in [2.24, 2.45) is 5.92 Å². The monoisotopic (exact) mass is 216 g/mol. The number of carbonyl (C=O) groups excluding carboxylic acids is 1. The van der Waals surface area contributed by atoms with Crippen molar-refractivity contribution in [3.05, 3.63) is 9.81 Å². The molecule has 1 fully saturated rings. The molecule has 1 rings (SSSR count). The summed E-state index contributed by atoms with van der Waals surface area (Å²) in [6.07, 6.45) is 6.89. The van der Waals surface area contributed by atoms with Crippen molar-refractivity contribution in [3.63, 3.8) is 0 Å². The van der Waals surface area contributed by atoms with E-state index in [9.17, 15) is 4.79 Å². The number of rotatable bonds is 2. The number of ketones is 1. The van der Waals surface area contributed by atoms with Gasteiger partial charge in [0, 0.05) is 16.2 Å². The largest absolute Gasteiger partial charge is 0.294 e. The van der Waals surface area contributed by atoms with Crippen LogP contribution in [0.15, 0.2) is 9.81 Å². The molecule has 0 amide bonds. The van der Waals surface area contributed by atoms with Gasteiger partial charge in [0.05, 0.1) is 0 Å². The van der Waals surface area contributed by atoms with E-state index in [1.807, 2.05) is 12.5 Å². The maximum absolute atomic E-state index is 11.6. The Morgan fingerprint density at radius 1 is 1.38 bits per heavy atom. The average Bonchev–Trinajstić information content (AvgIpc) is 2.13. The van der Waals surface area contributed by atoms with E-state index in [2.05, 4.69) is 6.92 Å². The molecule has 1 nitrogen and oxygen atoms in total. The van der Waals surface area contributed by atoms with Crippen LogP contribution in [0.5, 0.6) is 0 Å². The summed E-state index contributed by atoms with van der Waals surface area (Å²) in [5.74, 6) is 1.05. The highest BCUT2D eigenvalue weighted by Crippen LogP contribution is 2.35. The zero-order valence-electron chi connectivity index (χ0n) is 8.42. The number of carbonyl (C=O) groups is 1. The Kier molecular flexibility index (Phi) is 4.39. The molecule has 1 aliphatic rings. The smallest absolute Gasteiger partial charge is 0.160 e. The molecule has 0 spiro atoms. The number of thioether (sulfide) groups is 2. The van der Waals surface area contributed by atoms with E-state index in [-0.39, 0.29) is 0 Å². The third-order valence-electron chi connectivity index (χ3n) is 2.37. The Balaban J connectivity index is 2.85.